The molecule has 0 aromatic carbocycles. The summed E-state index contributed by atoms with van der Waals surface area (Å²) in [6.07, 6.45) is 0. The fourth-order valence-corrected chi connectivity index (χ4v) is 1.70. The molecule has 0 heterocycles. The fourth-order valence-electron chi connectivity index (χ4n) is 1.28. The van der Waals surface area contributed by atoms with Gasteiger partial charge in [0.1, 0.15) is 5.25 Å². The van der Waals surface area contributed by atoms with Gasteiger partial charge < -0.3 is 24.3 Å². The lowest BCUT2D eigenvalue weighted by Gasteiger charge is -2.11. The summed E-state index contributed by atoms with van der Waals surface area (Å²) in [5.74, 6) is -0.114. The van der Waals surface area contributed by atoms with E-state index in [1.54, 1.807) is 0 Å². The van der Waals surface area contributed by atoms with Crippen LogP contribution < -0.4 is 5.32 Å². The number of amides is 1. The predicted octanol–water partition coefficient (Wildman–Crippen LogP) is 0.882. The minimum absolute atomic E-state index is 0.114. The van der Waals surface area contributed by atoms with Gasteiger partial charge in [0.15, 0.2) is 0 Å². The second kappa shape index (κ2) is 16.5. The SMILES string of the molecule is CCNC(=O)C(S)COCCOCCOCCOCCBr. The highest BCUT2D eigenvalue weighted by Crippen LogP contribution is 1.96. The van der Waals surface area contributed by atoms with Gasteiger partial charge >= 0.3 is 0 Å². The molecule has 0 aromatic heterocycles. The Labute approximate surface area is 140 Å². The van der Waals surface area contributed by atoms with Gasteiger partial charge in [0, 0.05) is 11.9 Å². The largest absolute Gasteiger partial charge is 0.378 e. The van der Waals surface area contributed by atoms with Crippen molar-refractivity contribution >= 4 is 34.5 Å². The maximum atomic E-state index is 11.3. The standard InChI is InChI=1S/C13H26BrNO5S/c1-2-15-13(16)12(21)11-20-10-9-19-8-7-18-6-5-17-4-3-14/h12,21H,2-11H2,1H3,(H,15,16). The minimum atomic E-state index is -0.437. The highest BCUT2D eigenvalue weighted by Gasteiger charge is 2.12. The van der Waals surface area contributed by atoms with Crippen LogP contribution in [0.5, 0.6) is 0 Å². The van der Waals surface area contributed by atoms with Gasteiger partial charge in [-0.05, 0) is 6.92 Å². The molecular weight excluding hydrogens is 362 g/mol. The molecule has 0 radical (unpaired) electrons. The average molecular weight is 388 g/mol. The molecule has 0 bridgehead atoms. The first-order valence-electron chi connectivity index (χ1n) is 7.05. The maximum absolute atomic E-state index is 11.3. The van der Waals surface area contributed by atoms with E-state index in [2.05, 4.69) is 33.9 Å². The zero-order valence-corrected chi connectivity index (χ0v) is 15.0. The summed E-state index contributed by atoms with van der Waals surface area (Å²) in [5.41, 5.74) is 0. The Hall–Kier alpha value is 0.140. The van der Waals surface area contributed by atoms with Gasteiger partial charge in [0.2, 0.25) is 5.91 Å². The number of carbonyl (C=O) groups is 1. The van der Waals surface area contributed by atoms with Crippen LogP contribution in [-0.2, 0) is 23.7 Å². The first-order chi connectivity index (χ1) is 10.2. The summed E-state index contributed by atoms with van der Waals surface area (Å²) >= 11 is 7.43. The quantitative estimate of drug-likeness (QED) is 0.248. The summed E-state index contributed by atoms with van der Waals surface area (Å²) in [5, 5.41) is 3.08. The molecule has 8 heteroatoms. The first kappa shape index (κ1) is 21.1. The van der Waals surface area contributed by atoms with Gasteiger partial charge in [-0.3, -0.25) is 4.79 Å². The monoisotopic (exact) mass is 387 g/mol. The summed E-state index contributed by atoms with van der Waals surface area (Å²) < 4.78 is 21.2. The van der Waals surface area contributed by atoms with Crippen molar-refractivity contribution in [2.75, 3.05) is 64.7 Å². The molecule has 0 aromatic rings. The lowest BCUT2D eigenvalue weighted by molar-refractivity contribution is -0.121. The number of nitrogens with one attached hydrogen (secondary N) is 1. The molecule has 21 heavy (non-hydrogen) atoms. The number of carbonyl (C=O) groups excluding carboxylic acids is 1. The predicted molar refractivity (Wildman–Crippen MR) is 88.5 cm³/mol. The van der Waals surface area contributed by atoms with Crippen LogP contribution >= 0.6 is 28.6 Å². The highest BCUT2D eigenvalue weighted by molar-refractivity contribution is 9.09. The zero-order valence-electron chi connectivity index (χ0n) is 12.5. The molecule has 0 spiro atoms. The second-order valence-electron chi connectivity index (χ2n) is 4.01. The minimum Gasteiger partial charge on any atom is -0.378 e. The number of ether oxygens (including phenoxy) is 4. The third-order valence-electron chi connectivity index (χ3n) is 2.27. The Bertz CT molecular complexity index is 249. The van der Waals surface area contributed by atoms with Crippen molar-refractivity contribution < 1.29 is 23.7 Å². The molecule has 0 saturated carbocycles. The summed E-state index contributed by atoms with van der Waals surface area (Å²) in [4.78, 5) is 11.3. The van der Waals surface area contributed by atoms with E-state index in [0.29, 0.717) is 52.8 Å². The molecule has 1 amide bonds. The average Bonchev–Trinajstić information content (AvgIpc) is 2.48. The van der Waals surface area contributed by atoms with Crippen LogP contribution in [0.25, 0.3) is 0 Å². The molecule has 0 aliphatic heterocycles. The number of halogens is 1. The molecule has 6 nitrogen and oxygen atoms in total. The lowest BCUT2D eigenvalue weighted by atomic mass is 10.4. The topological polar surface area (TPSA) is 66.0 Å². The van der Waals surface area contributed by atoms with Gasteiger partial charge in [-0.15, -0.1) is 0 Å². The van der Waals surface area contributed by atoms with Crippen LogP contribution in [0, 0.1) is 0 Å². The van der Waals surface area contributed by atoms with E-state index < -0.39 is 5.25 Å². The maximum Gasteiger partial charge on any atom is 0.235 e. The molecule has 126 valence electrons. The smallest absolute Gasteiger partial charge is 0.235 e. The van der Waals surface area contributed by atoms with Gasteiger partial charge in [-0.2, -0.15) is 12.6 Å². The molecule has 0 fully saturated rings. The second-order valence-corrected chi connectivity index (χ2v) is 5.43. The van der Waals surface area contributed by atoms with Crippen LogP contribution in [0.1, 0.15) is 6.92 Å². The normalized spacial score (nSPS) is 12.3. The van der Waals surface area contributed by atoms with Crippen molar-refractivity contribution in [3.63, 3.8) is 0 Å². The Kier molecular flexibility index (Phi) is 16.6. The van der Waals surface area contributed by atoms with Crippen molar-refractivity contribution in [3.8, 4) is 0 Å². The third-order valence-corrected chi connectivity index (χ3v) is 2.97. The Balaban J connectivity index is 3.17. The molecular formula is C13H26BrNO5S. The lowest BCUT2D eigenvalue weighted by Crippen LogP contribution is -2.34. The molecule has 0 aliphatic carbocycles. The Morgan fingerprint density at radius 2 is 1.48 bits per heavy atom. The number of rotatable bonds is 15. The van der Waals surface area contributed by atoms with Crippen LogP contribution in [-0.4, -0.2) is 75.9 Å². The zero-order chi connectivity index (χ0) is 15.8. The van der Waals surface area contributed by atoms with E-state index in [1.807, 2.05) is 6.92 Å². The molecule has 1 atom stereocenters. The van der Waals surface area contributed by atoms with Crippen molar-refractivity contribution in [2.24, 2.45) is 0 Å². The molecule has 1 N–H and O–H groups in total. The van der Waals surface area contributed by atoms with E-state index in [-0.39, 0.29) is 12.5 Å². The van der Waals surface area contributed by atoms with E-state index in [9.17, 15) is 4.79 Å². The summed E-state index contributed by atoms with van der Waals surface area (Å²) in [6.45, 7) is 6.56. The molecule has 1 unspecified atom stereocenters. The number of thiol groups is 1. The van der Waals surface area contributed by atoms with Gasteiger partial charge in [0.05, 0.1) is 52.9 Å². The van der Waals surface area contributed by atoms with Gasteiger partial charge in [-0.1, -0.05) is 15.9 Å². The van der Waals surface area contributed by atoms with E-state index in [1.165, 1.54) is 0 Å². The van der Waals surface area contributed by atoms with Crippen LogP contribution in [0.4, 0.5) is 0 Å². The fraction of sp³-hybridized carbons (Fsp3) is 0.923. The van der Waals surface area contributed by atoms with E-state index >= 15 is 0 Å². The molecule has 0 rings (SSSR count). The Morgan fingerprint density at radius 1 is 1.00 bits per heavy atom. The van der Waals surface area contributed by atoms with Crippen molar-refractivity contribution in [1.82, 2.24) is 5.32 Å². The van der Waals surface area contributed by atoms with Gasteiger partial charge in [0.25, 0.3) is 0 Å². The van der Waals surface area contributed by atoms with E-state index in [4.69, 9.17) is 18.9 Å². The van der Waals surface area contributed by atoms with Crippen LogP contribution in [0.15, 0.2) is 0 Å². The highest BCUT2D eigenvalue weighted by atomic mass is 79.9. The van der Waals surface area contributed by atoms with E-state index in [0.717, 1.165) is 5.33 Å². The molecule has 0 aliphatic rings. The van der Waals surface area contributed by atoms with Crippen molar-refractivity contribution in [1.29, 1.82) is 0 Å². The molecule has 0 saturated heterocycles. The Morgan fingerprint density at radius 3 is 1.95 bits per heavy atom. The third kappa shape index (κ3) is 14.8. The number of hydrogen-bond donors (Lipinski definition) is 2. The van der Waals surface area contributed by atoms with Crippen LogP contribution in [0.3, 0.4) is 0 Å². The van der Waals surface area contributed by atoms with Crippen LogP contribution in [0.2, 0.25) is 0 Å². The number of alkyl halides is 1. The first-order valence-corrected chi connectivity index (χ1v) is 8.68. The van der Waals surface area contributed by atoms with Crippen molar-refractivity contribution in [2.45, 2.75) is 12.2 Å². The summed E-state index contributed by atoms with van der Waals surface area (Å²) in [7, 11) is 0. The number of hydrogen-bond acceptors (Lipinski definition) is 6. The summed E-state index contributed by atoms with van der Waals surface area (Å²) in [6, 6.07) is 0. The van der Waals surface area contributed by atoms with Crippen molar-refractivity contribution in [3.05, 3.63) is 0 Å². The van der Waals surface area contributed by atoms with Gasteiger partial charge in [-0.25, -0.2) is 0 Å².